The maximum atomic E-state index is 8.24. The molecule has 4 heterocycles. The third kappa shape index (κ3) is 4.53. The number of anilines is 3. The summed E-state index contributed by atoms with van der Waals surface area (Å²) in [5.41, 5.74) is 9.34. The molecule has 166 valence electrons. The SMILES string of the molecule is N=C(/C=C\Nc1cc(N2CCOCC2)n2nc(-c3ccc(N)nc3)cc2n1)c1ccccc1. The second-order valence-electron chi connectivity index (χ2n) is 7.63. The fraction of sp³-hybridized carbons (Fsp3) is 0.167. The van der Waals surface area contributed by atoms with E-state index in [1.54, 1.807) is 24.5 Å². The Kier molecular flexibility index (Phi) is 5.69. The number of aromatic nitrogens is 4. The van der Waals surface area contributed by atoms with Gasteiger partial charge in [0.05, 0.1) is 24.6 Å². The van der Waals surface area contributed by atoms with Crippen LogP contribution in [-0.4, -0.2) is 51.6 Å². The van der Waals surface area contributed by atoms with E-state index in [4.69, 9.17) is 26.0 Å². The smallest absolute Gasteiger partial charge is 0.160 e. The summed E-state index contributed by atoms with van der Waals surface area (Å²) in [4.78, 5) is 11.1. The molecule has 0 atom stereocenters. The second kappa shape index (κ2) is 9.09. The molecule has 0 unspecified atom stereocenters. The van der Waals surface area contributed by atoms with Crippen LogP contribution in [-0.2, 0) is 4.74 Å². The van der Waals surface area contributed by atoms with Gasteiger partial charge in [-0.1, -0.05) is 30.3 Å². The average Bonchev–Trinajstić information content (AvgIpc) is 3.29. The Morgan fingerprint density at radius 2 is 1.91 bits per heavy atom. The van der Waals surface area contributed by atoms with Crippen LogP contribution in [0.1, 0.15) is 5.56 Å². The molecule has 0 aliphatic carbocycles. The summed E-state index contributed by atoms with van der Waals surface area (Å²) in [6, 6.07) is 17.1. The number of allylic oxidation sites excluding steroid dienone is 1. The zero-order chi connectivity index (χ0) is 22.6. The van der Waals surface area contributed by atoms with Gasteiger partial charge in [0.2, 0.25) is 0 Å². The molecular weight excluding hydrogens is 416 g/mol. The van der Waals surface area contributed by atoms with E-state index < -0.39 is 0 Å². The van der Waals surface area contributed by atoms with Crippen molar-refractivity contribution in [2.45, 2.75) is 0 Å². The molecule has 0 saturated carbocycles. The van der Waals surface area contributed by atoms with Crippen LogP contribution in [0.15, 0.2) is 73.1 Å². The van der Waals surface area contributed by atoms with Gasteiger partial charge in [0.25, 0.3) is 0 Å². The first kappa shape index (κ1) is 20.7. The number of benzene rings is 1. The number of morpholine rings is 1. The van der Waals surface area contributed by atoms with Crippen molar-refractivity contribution in [3.8, 4) is 11.3 Å². The molecule has 5 rings (SSSR count). The minimum absolute atomic E-state index is 0.417. The van der Waals surface area contributed by atoms with Crippen LogP contribution in [0.3, 0.4) is 0 Å². The summed E-state index contributed by atoms with van der Waals surface area (Å²) in [5.74, 6) is 2.06. The maximum absolute atomic E-state index is 8.24. The summed E-state index contributed by atoms with van der Waals surface area (Å²) < 4.78 is 7.37. The zero-order valence-electron chi connectivity index (χ0n) is 18.0. The van der Waals surface area contributed by atoms with Crippen LogP contribution in [0, 0.1) is 5.41 Å². The number of hydrogen-bond donors (Lipinski definition) is 3. The molecule has 3 aromatic heterocycles. The van der Waals surface area contributed by atoms with Gasteiger partial charge in [0, 0.05) is 43.2 Å². The van der Waals surface area contributed by atoms with Crippen LogP contribution >= 0.6 is 0 Å². The Morgan fingerprint density at radius 1 is 1.09 bits per heavy atom. The Balaban J connectivity index is 1.47. The van der Waals surface area contributed by atoms with Gasteiger partial charge in [0.15, 0.2) is 5.65 Å². The van der Waals surface area contributed by atoms with Crippen LogP contribution in [0.25, 0.3) is 16.9 Å². The molecular formula is C24H24N8O. The molecule has 0 spiro atoms. The van der Waals surface area contributed by atoms with E-state index in [0.717, 1.165) is 35.7 Å². The van der Waals surface area contributed by atoms with Crippen molar-refractivity contribution in [3.63, 3.8) is 0 Å². The Labute approximate surface area is 191 Å². The molecule has 9 nitrogen and oxygen atoms in total. The normalized spacial score (nSPS) is 14.1. The van der Waals surface area contributed by atoms with Crippen molar-refractivity contribution in [3.05, 3.63) is 78.6 Å². The van der Waals surface area contributed by atoms with Gasteiger partial charge < -0.3 is 26.1 Å². The van der Waals surface area contributed by atoms with E-state index in [2.05, 4.69) is 15.2 Å². The highest BCUT2D eigenvalue weighted by Gasteiger charge is 2.18. The van der Waals surface area contributed by atoms with E-state index in [1.165, 1.54) is 0 Å². The van der Waals surface area contributed by atoms with E-state index in [-0.39, 0.29) is 0 Å². The lowest BCUT2D eigenvalue weighted by Crippen LogP contribution is -2.37. The van der Waals surface area contributed by atoms with Crippen molar-refractivity contribution in [2.75, 3.05) is 42.3 Å². The molecule has 4 aromatic rings. The molecule has 1 saturated heterocycles. The number of ether oxygens (including phenoxy) is 1. The van der Waals surface area contributed by atoms with Crippen molar-refractivity contribution < 1.29 is 4.74 Å². The Bertz CT molecular complexity index is 1290. The predicted octanol–water partition coefficient (Wildman–Crippen LogP) is 3.20. The summed E-state index contributed by atoms with van der Waals surface area (Å²) in [6.45, 7) is 2.87. The first-order chi connectivity index (χ1) is 16.2. The highest BCUT2D eigenvalue weighted by atomic mass is 16.5. The number of fused-ring (bicyclic) bond motifs is 1. The fourth-order valence-corrected chi connectivity index (χ4v) is 3.67. The van der Waals surface area contributed by atoms with Gasteiger partial charge in [-0.3, -0.25) is 0 Å². The van der Waals surface area contributed by atoms with Crippen LogP contribution in [0.5, 0.6) is 0 Å². The topological polar surface area (TPSA) is 117 Å². The van der Waals surface area contributed by atoms with Crippen LogP contribution in [0.2, 0.25) is 0 Å². The number of nitrogen functional groups attached to an aromatic ring is 1. The average molecular weight is 441 g/mol. The second-order valence-corrected chi connectivity index (χ2v) is 7.63. The van der Waals surface area contributed by atoms with E-state index in [0.29, 0.717) is 36.2 Å². The monoisotopic (exact) mass is 440 g/mol. The Morgan fingerprint density at radius 3 is 2.67 bits per heavy atom. The molecule has 1 aliphatic heterocycles. The molecule has 33 heavy (non-hydrogen) atoms. The summed E-state index contributed by atoms with van der Waals surface area (Å²) >= 11 is 0. The van der Waals surface area contributed by atoms with Gasteiger partial charge >= 0.3 is 0 Å². The van der Waals surface area contributed by atoms with Gasteiger partial charge in [-0.2, -0.15) is 9.61 Å². The molecule has 1 aromatic carbocycles. The predicted molar refractivity (Wildman–Crippen MR) is 130 cm³/mol. The molecule has 9 heteroatoms. The number of nitrogens with two attached hydrogens (primary N) is 1. The molecule has 1 fully saturated rings. The van der Waals surface area contributed by atoms with Crippen molar-refractivity contribution >= 4 is 28.8 Å². The minimum atomic E-state index is 0.417. The summed E-state index contributed by atoms with van der Waals surface area (Å²) in [6.07, 6.45) is 5.17. The first-order valence-corrected chi connectivity index (χ1v) is 10.7. The largest absolute Gasteiger partial charge is 0.384 e. The van der Waals surface area contributed by atoms with Crippen LogP contribution < -0.4 is 16.0 Å². The van der Waals surface area contributed by atoms with E-state index in [9.17, 15) is 0 Å². The van der Waals surface area contributed by atoms with E-state index in [1.807, 2.05) is 53.0 Å². The quantitative estimate of drug-likeness (QED) is 0.394. The molecule has 0 amide bonds. The molecule has 4 N–H and O–H groups in total. The van der Waals surface area contributed by atoms with Gasteiger partial charge in [-0.05, 0) is 23.8 Å². The number of hydrogen-bond acceptors (Lipinski definition) is 8. The number of rotatable bonds is 6. The van der Waals surface area contributed by atoms with Gasteiger partial charge in [-0.15, -0.1) is 0 Å². The zero-order valence-corrected chi connectivity index (χ0v) is 18.0. The van der Waals surface area contributed by atoms with Gasteiger partial charge in [-0.25, -0.2) is 9.97 Å². The third-order valence-corrected chi connectivity index (χ3v) is 5.39. The highest BCUT2D eigenvalue weighted by molar-refractivity contribution is 6.06. The lowest BCUT2D eigenvalue weighted by molar-refractivity contribution is 0.122. The standard InChI is InChI=1S/C24H24N8O/c25-19(17-4-2-1-3-5-17)8-9-27-22-15-24(31-10-12-33-13-11-31)32-23(29-22)14-20(30-32)18-6-7-21(26)28-16-18/h1-9,14-16,25H,10-13H2,(H2,26,28)(H,27,29)/b9-8-,25-19?. The van der Waals surface area contributed by atoms with Crippen LogP contribution in [0.4, 0.5) is 17.5 Å². The lowest BCUT2D eigenvalue weighted by atomic mass is 10.1. The lowest BCUT2D eigenvalue weighted by Gasteiger charge is -2.29. The third-order valence-electron chi connectivity index (χ3n) is 5.39. The number of nitrogens with one attached hydrogen (secondary N) is 2. The van der Waals surface area contributed by atoms with Crippen molar-refractivity contribution in [2.24, 2.45) is 0 Å². The molecule has 0 radical (unpaired) electrons. The fourth-order valence-electron chi connectivity index (χ4n) is 3.67. The number of nitrogens with zero attached hydrogens (tertiary/aromatic N) is 5. The highest BCUT2D eigenvalue weighted by Crippen LogP contribution is 2.26. The molecule has 0 bridgehead atoms. The molecule has 1 aliphatic rings. The Hall–Kier alpha value is -4.24. The van der Waals surface area contributed by atoms with Crippen molar-refractivity contribution in [1.82, 2.24) is 19.6 Å². The summed E-state index contributed by atoms with van der Waals surface area (Å²) in [7, 11) is 0. The summed E-state index contributed by atoms with van der Waals surface area (Å²) in [5, 5.41) is 16.2. The van der Waals surface area contributed by atoms with Crippen molar-refractivity contribution in [1.29, 1.82) is 5.41 Å². The first-order valence-electron chi connectivity index (χ1n) is 10.7. The van der Waals surface area contributed by atoms with Gasteiger partial charge in [0.1, 0.15) is 17.5 Å². The maximum Gasteiger partial charge on any atom is 0.160 e. The van der Waals surface area contributed by atoms with E-state index >= 15 is 0 Å². The minimum Gasteiger partial charge on any atom is -0.384 e. The number of pyridine rings is 1.